The Morgan fingerprint density at radius 2 is 2.24 bits per heavy atom. The van der Waals surface area contributed by atoms with Gasteiger partial charge in [0, 0.05) is 50.8 Å². The maximum atomic E-state index is 9.31. The molecule has 0 saturated carbocycles. The van der Waals surface area contributed by atoms with Gasteiger partial charge in [0.25, 0.3) is 0 Å². The van der Waals surface area contributed by atoms with Gasteiger partial charge in [-0.3, -0.25) is 4.99 Å². The SMILES string of the molecule is CCNC(=NCC1(CCO)CCOC1)NCCCOCC1CCOC1. The quantitative estimate of drug-likeness (QED) is 0.288. The standard InChI is InChI=1S/C18H35N3O4/c1-2-19-17(21-14-18(5-8-22)6-11-25-15-18)20-7-3-9-23-12-16-4-10-24-13-16/h16,22H,2-15H2,1H3,(H2,19,20,21). The third kappa shape index (κ3) is 7.48. The van der Waals surface area contributed by atoms with Gasteiger partial charge >= 0.3 is 0 Å². The van der Waals surface area contributed by atoms with Gasteiger partial charge in [-0.05, 0) is 32.6 Å². The van der Waals surface area contributed by atoms with E-state index in [0.29, 0.717) is 19.1 Å². The predicted octanol–water partition coefficient (Wildman–Crippen LogP) is 0.774. The van der Waals surface area contributed by atoms with Gasteiger partial charge < -0.3 is 30.0 Å². The molecule has 7 nitrogen and oxygen atoms in total. The molecule has 2 aliphatic heterocycles. The van der Waals surface area contributed by atoms with E-state index in [4.69, 9.17) is 19.2 Å². The molecule has 0 aromatic carbocycles. The highest BCUT2D eigenvalue weighted by Crippen LogP contribution is 2.32. The maximum absolute atomic E-state index is 9.31. The Kier molecular flexibility index (Phi) is 9.54. The summed E-state index contributed by atoms with van der Waals surface area (Å²) in [5, 5.41) is 15.9. The van der Waals surface area contributed by atoms with Crippen LogP contribution in [0.25, 0.3) is 0 Å². The molecule has 7 heteroatoms. The molecule has 2 heterocycles. The first-order chi connectivity index (χ1) is 12.3. The third-order valence-corrected chi connectivity index (χ3v) is 4.88. The van der Waals surface area contributed by atoms with E-state index in [1.54, 1.807) is 0 Å². The molecular formula is C18H35N3O4. The molecule has 2 unspecified atom stereocenters. The molecule has 0 aromatic rings. The second-order valence-corrected chi connectivity index (χ2v) is 7.06. The van der Waals surface area contributed by atoms with E-state index >= 15 is 0 Å². The van der Waals surface area contributed by atoms with Gasteiger partial charge in [-0.25, -0.2) is 0 Å². The van der Waals surface area contributed by atoms with Crippen LogP contribution in [0.2, 0.25) is 0 Å². The number of hydrogen-bond donors (Lipinski definition) is 3. The zero-order chi connectivity index (χ0) is 17.8. The van der Waals surface area contributed by atoms with Gasteiger partial charge in [-0.2, -0.15) is 0 Å². The minimum atomic E-state index is -0.0104. The van der Waals surface area contributed by atoms with Crippen LogP contribution in [-0.4, -0.2) is 76.9 Å². The number of nitrogens with zero attached hydrogens (tertiary/aromatic N) is 1. The number of ether oxygens (including phenoxy) is 3. The van der Waals surface area contributed by atoms with Crippen molar-refractivity contribution in [3.05, 3.63) is 0 Å². The summed E-state index contributed by atoms with van der Waals surface area (Å²) in [4.78, 5) is 4.71. The molecule has 25 heavy (non-hydrogen) atoms. The Morgan fingerprint density at radius 3 is 2.92 bits per heavy atom. The normalized spacial score (nSPS) is 27.0. The topological polar surface area (TPSA) is 84.3 Å². The molecule has 146 valence electrons. The summed E-state index contributed by atoms with van der Waals surface area (Å²) in [5.41, 5.74) is -0.0104. The number of hydrogen-bond acceptors (Lipinski definition) is 5. The molecule has 2 fully saturated rings. The molecule has 2 saturated heterocycles. The molecule has 0 spiro atoms. The summed E-state index contributed by atoms with van der Waals surface area (Å²) in [5.74, 6) is 1.40. The first kappa shape index (κ1) is 20.4. The Bertz CT molecular complexity index is 381. The summed E-state index contributed by atoms with van der Waals surface area (Å²) < 4.78 is 16.6. The van der Waals surface area contributed by atoms with Crippen molar-refractivity contribution in [3.63, 3.8) is 0 Å². The number of aliphatic hydroxyl groups is 1. The van der Waals surface area contributed by atoms with E-state index < -0.39 is 0 Å². The van der Waals surface area contributed by atoms with Crippen molar-refractivity contribution in [3.8, 4) is 0 Å². The molecule has 0 aromatic heterocycles. The number of aliphatic hydroxyl groups excluding tert-OH is 1. The third-order valence-electron chi connectivity index (χ3n) is 4.88. The van der Waals surface area contributed by atoms with E-state index in [-0.39, 0.29) is 12.0 Å². The molecule has 0 bridgehead atoms. The van der Waals surface area contributed by atoms with Crippen LogP contribution in [0.1, 0.15) is 32.6 Å². The molecule has 0 aliphatic carbocycles. The van der Waals surface area contributed by atoms with Crippen molar-refractivity contribution in [1.82, 2.24) is 10.6 Å². The minimum absolute atomic E-state index is 0.0104. The average Bonchev–Trinajstić information content (AvgIpc) is 3.28. The lowest BCUT2D eigenvalue weighted by Crippen LogP contribution is -2.39. The lowest BCUT2D eigenvalue weighted by atomic mass is 9.84. The van der Waals surface area contributed by atoms with Gasteiger partial charge in [0.05, 0.1) is 26.4 Å². The Balaban J connectivity index is 1.64. The van der Waals surface area contributed by atoms with Gasteiger partial charge in [-0.15, -0.1) is 0 Å². The molecule has 2 rings (SSSR count). The number of guanidine groups is 1. The van der Waals surface area contributed by atoms with Crippen LogP contribution >= 0.6 is 0 Å². The smallest absolute Gasteiger partial charge is 0.191 e. The average molecular weight is 357 g/mol. The van der Waals surface area contributed by atoms with Crippen molar-refractivity contribution in [1.29, 1.82) is 0 Å². The highest BCUT2D eigenvalue weighted by Gasteiger charge is 2.34. The van der Waals surface area contributed by atoms with Crippen LogP contribution in [0.5, 0.6) is 0 Å². The first-order valence-electron chi connectivity index (χ1n) is 9.64. The van der Waals surface area contributed by atoms with E-state index in [2.05, 4.69) is 17.6 Å². The van der Waals surface area contributed by atoms with Crippen molar-refractivity contribution < 1.29 is 19.3 Å². The Morgan fingerprint density at radius 1 is 1.32 bits per heavy atom. The fourth-order valence-corrected chi connectivity index (χ4v) is 3.22. The zero-order valence-electron chi connectivity index (χ0n) is 15.6. The highest BCUT2D eigenvalue weighted by atomic mass is 16.5. The van der Waals surface area contributed by atoms with E-state index in [1.165, 1.54) is 0 Å². The fraction of sp³-hybridized carbons (Fsp3) is 0.944. The second-order valence-electron chi connectivity index (χ2n) is 7.06. The van der Waals surface area contributed by atoms with Gasteiger partial charge in [0.2, 0.25) is 0 Å². The van der Waals surface area contributed by atoms with Crippen LogP contribution in [0.3, 0.4) is 0 Å². The van der Waals surface area contributed by atoms with E-state index in [1.807, 2.05) is 0 Å². The van der Waals surface area contributed by atoms with Crippen LogP contribution < -0.4 is 10.6 Å². The molecule has 0 amide bonds. The van der Waals surface area contributed by atoms with Crippen molar-refractivity contribution in [2.45, 2.75) is 32.6 Å². The Labute approximate surface area is 151 Å². The molecular weight excluding hydrogens is 322 g/mol. The maximum Gasteiger partial charge on any atom is 0.191 e. The summed E-state index contributed by atoms with van der Waals surface area (Å²) in [7, 11) is 0. The minimum Gasteiger partial charge on any atom is -0.396 e. The van der Waals surface area contributed by atoms with Gasteiger partial charge in [0.15, 0.2) is 5.96 Å². The fourth-order valence-electron chi connectivity index (χ4n) is 3.22. The van der Waals surface area contributed by atoms with Crippen LogP contribution in [0, 0.1) is 11.3 Å². The highest BCUT2D eigenvalue weighted by molar-refractivity contribution is 5.79. The molecule has 0 radical (unpaired) electrons. The van der Waals surface area contributed by atoms with Crippen LogP contribution in [0.15, 0.2) is 4.99 Å². The number of rotatable bonds is 11. The predicted molar refractivity (Wildman–Crippen MR) is 97.9 cm³/mol. The van der Waals surface area contributed by atoms with Crippen LogP contribution in [-0.2, 0) is 14.2 Å². The van der Waals surface area contributed by atoms with Gasteiger partial charge in [0.1, 0.15) is 0 Å². The van der Waals surface area contributed by atoms with E-state index in [9.17, 15) is 5.11 Å². The lowest BCUT2D eigenvalue weighted by molar-refractivity contribution is 0.0888. The van der Waals surface area contributed by atoms with Crippen molar-refractivity contribution in [2.24, 2.45) is 16.3 Å². The van der Waals surface area contributed by atoms with Crippen molar-refractivity contribution >= 4 is 5.96 Å². The molecule has 2 aliphatic rings. The summed E-state index contributed by atoms with van der Waals surface area (Å²) in [6.45, 7) is 9.32. The van der Waals surface area contributed by atoms with Gasteiger partial charge in [-0.1, -0.05) is 0 Å². The Hall–Kier alpha value is -0.890. The lowest BCUT2D eigenvalue weighted by Gasteiger charge is -2.24. The molecule has 3 N–H and O–H groups in total. The number of aliphatic imine (C=N–C) groups is 1. The van der Waals surface area contributed by atoms with E-state index in [0.717, 1.165) is 77.8 Å². The first-order valence-corrected chi connectivity index (χ1v) is 9.64. The van der Waals surface area contributed by atoms with Crippen LogP contribution in [0.4, 0.5) is 0 Å². The largest absolute Gasteiger partial charge is 0.396 e. The number of nitrogens with one attached hydrogen (secondary N) is 2. The summed E-state index contributed by atoms with van der Waals surface area (Å²) >= 11 is 0. The summed E-state index contributed by atoms with van der Waals surface area (Å²) in [6, 6.07) is 0. The monoisotopic (exact) mass is 357 g/mol. The zero-order valence-corrected chi connectivity index (χ0v) is 15.6. The summed E-state index contributed by atoms with van der Waals surface area (Å²) in [6.07, 6.45) is 3.78. The molecule has 2 atom stereocenters. The van der Waals surface area contributed by atoms with Crippen molar-refractivity contribution in [2.75, 3.05) is 65.9 Å². The second kappa shape index (κ2) is 11.7.